The molecule has 0 radical (unpaired) electrons. The van der Waals surface area contributed by atoms with Crippen molar-refractivity contribution >= 4 is 17.8 Å². The Morgan fingerprint density at radius 3 is 2.25 bits per heavy atom. The van der Waals surface area contributed by atoms with Gasteiger partial charge in [-0.05, 0) is 33.6 Å². The third-order valence-electron chi connectivity index (χ3n) is 3.69. The quantitative estimate of drug-likeness (QED) is 0.799. The van der Waals surface area contributed by atoms with Gasteiger partial charge in [0.1, 0.15) is 0 Å². The monoisotopic (exact) mass is 278 g/mol. The Bertz CT molecular complexity index is 412. The van der Waals surface area contributed by atoms with E-state index in [-0.39, 0.29) is 0 Å². The van der Waals surface area contributed by atoms with Crippen LogP contribution in [0.3, 0.4) is 0 Å². The first-order valence-corrected chi connectivity index (χ1v) is 7.78. The molecule has 0 unspecified atom stereocenters. The van der Waals surface area contributed by atoms with E-state index in [1.807, 2.05) is 6.92 Å². The summed E-state index contributed by atoms with van der Waals surface area (Å²) in [5, 5.41) is 6.64. The van der Waals surface area contributed by atoms with Gasteiger partial charge in [0.2, 0.25) is 17.8 Å². The lowest BCUT2D eigenvalue weighted by molar-refractivity contribution is 0.737. The second-order valence-electron chi connectivity index (χ2n) is 5.11. The first-order chi connectivity index (χ1) is 9.76. The Labute approximate surface area is 121 Å². The van der Waals surface area contributed by atoms with E-state index in [2.05, 4.69) is 44.3 Å². The molecule has 2 N–H and O–H groups in total. The van der Waals surface area contributed by atoms with Crippen LogP contribution in [-0.4, -0.2) is 40.6 Å². The van der Waals surface area contributed by atoms with Crippen LogP contribution in [0.25, 0.3) is 0 Å². The van der Waals surface area contributed by atoms with E-state index in [1.165, 1.54) is 25.7 Å². The molecule has 112 valence electrons. The molecule has 1 heterocycles. The number of nitrogens with one attached hydrogen (secondary N) is 2. The van der Waals surface area contributed by atoms with E-state index in [0.717, 1.165) is 25.6 Å². The Balaban J connectivity index is 2.19. The molecule has 0 saturated heterocycles. The lowest BCUT2D eigenvalue weighted by atomic mass is 10.3. The summed E-state index contributed by atoms with van der Waals surface area (Å²) in [7, 11) is 0. The number of hydrogen-bond acceptors (Lipinski definition) is 6. The van der Waals surface area contributed by atoms with E-state index < -0.39 is 0 Å². The maximum absolute atomic E-state index is 4.57. The van der Waals surface area contributed by atoms with Crippen LogP contribution in [-0.2, 0) is 0 Å². The molecule has 20 heavy (non-hydrogen) atoms. The third kappa shape index (κ3) is 3.71. The third-order valence-corrected chi connectivity index (χ3v) is 3.69. The van der Waals surface area contributed by atoms with Gasteiger partial charge in [0, 0.05) is 25.7 Å². The molecular weight excluding hydrogens is 252 g/mol. The number of hydrogen-bond donors (Lipinski definition) is 2. The van der Waals surface area contributed by atoms with Crippen molar-refractivity contribution in [3.8, 4) is 0 Å². The number of rotatable bonds is 7. The van der Waals surface area contributed by atoms with Gasteiger partial charge in [-0.25, -0.2) is 0 Å². The highest BCUT2D eigenvalue weighted by molar-refractivity contribution is 5.44. The second kappa shape index (κ2) is 7.26. The zero-order chi connectivity index (χ0) is 14.4. The molecule has 1 aromatic heterocycles. The normalized spacial score (nSPS) is 15.3. The van der Waals surface area contributed by atoms with Crippen molar-refractivity contribution in [3.05, 3.63) is 0 Å². The van der Waals surface area contributed by atoms with Crippen LogP contribution in [0.4, 0.5) is 17.8 Å². The van der Waals surface area contributed by atoms with E-state index in [0.29, 0.717) is 17.9 Å². The fourth-order valence-corrected chi connectivity index (χ4v) is 2.57. The molecule has 0 amide bonds. The second-order valence-corrected chi connectivity index (χ2v) is 5.11. The number of aromatic nitrogens is 3. The van der Waals surface area contributed by atoms with Gasteiger partial charge in [0.15, 0.2) is 0 Å². The average molecular weight is 278 g/mol. The molecule has 1 fully saturated rings. The SMILES string of the molecule is CCNc1nc(NC2CCCC2)nc(N(CC)CC)n1. The minimum atomic E-state index is 0.511. The Morgan fingerprint density at radius 1 is 1.00 bits per heavy atom. The van der Waals surface area contributed by atoms with Gasteiger partial charge in [-0.3, -0.25) is 0 Å². The first-order valence-electron chi connectivity index (χ1n) is 7.78. The van der Waals surface area contributed by atoms with Gasteiger partial charge in [0.25, 0.3) is 0 Å². The topological polar surface area (TPSA) is 66.0 Å². The molecule has 0 aliphatic heterocycles. The largest absolute Gasteiger partial charge is 0.354 e. The number of anilines is 3. The molecule has 1 saturated carbocycles. The molecule has 2 rings (SSSR count). The van der Waals surface area contributed by atoms with Gasteiger partial charge >= 0.3 is 0 Å². The highest BCUT2D eigenvalue weighted by Gasteiger charge is 2.17. The van der Waals surface area contributed by atoms with E-state index in [4.69, 9.17) is 0 Å². The minimum absolute atomic E-state index is 0.511. The Hall–Kier alpha value is -1.59. The van der Waals surface area contributed by atoms with Crippen LogP contribution in [0.15, 0.2) is 0 Å². The lowest BCUT2D eigenvalue weighted by Gasteiger charge is -2.20. The van der Waals surface area contributed by atoms with Crippen molar-refractivity contribution in [3.63, 3.8) is 0 Å². The smallest absolute Gasteiger partial charge is 0.231 e. The van der Waals surface area contributed by atoms with Gasteiger partial charge in [-0.1, -0.05) is 12.8 Å². The fraction of sp³-hybridized carbons (Fsp3) is 0.786. The van der Waals surface area contributed by atoms with Gasteiger partial charge in [-0.15, -0.1) is 0 Å². The van der Waals surface area contributed by atoms with Crippen molar-refractivity contribution in [1.29, 1.82) is 0 Å². The summed E-state index contributed by atoms with van der Waals surface area (Å²) in [5.41, 5.74) is 0. The van der Waals surface area contributed by atoms with Crippen LogP contribution >= 0.6 is 0 Å². The van der Waals surface area contributed by atoms with Crippen molar-refractivity contribution in [2.75, 3.05) is 35.2 Å². The zero-order valence-corrected chi connectivity index (χ0v) is 12.8. The summed E-state index contributed by atoms with van der Waals surface area (Å²) in [6.45, 7) is 8.88. The van der Waals surface area contributed by atoms with Crippen molar-refractivity contribution < 1.29 is 0 Å². The molecule has 0 spiro atoms. The van der Waals surface area contributed by atoms with Crippen molar-refractivity contribution in [2.45, 2.75) is 52.5 Å². The summed E-state index contributed by atoms with van der Waals surface area (Å²) >= 11 is 0. The highest BCUT2D eigenvalue weighted by Crippen LogP contribution is 2.22. The van der Waals surface area contributed by atoms with Gasteiger partial charge in [-0.2, -0.15) is 15.0 Å². The molecule has 0 atom stereocenters. The maximum atomic E-state index is 4.57. The Morgan fingerprint density at radius 2 is 1.65 bits per heavy atom. The standard InChI is InChI=1S/C14H26N6/c1-4-15-12-17-13(16-11-9-7-8-10-11)19-14(18-12)20(5-2)6-3/h11H,4-10H2,1-3H3,(H2,15,16,17,18,19). The lowest BCUT2D eigenvalue weighted by Crippen LogP contribution is -2.26. The van der Waals surface area contributed by atoms with Crippen LogP contribution in [0, 0.1) is 0 Å². The molecule has 0 bridgehead atoms. The van der Waals surface area contributed by atoms with E-state index in [9.17, 15) is 0 Å². The van der Waals surface area contributed by atoms with E-state index >= 15 is 0 Å². The molecule has 0 aromatic carbocycles. The number of nitrogens with zero attached hydrogens (tertiary/aromatic N) is 4. The first kappa shape index (κ1) is 14.8. The molecule has 1 aromatic rings. The molecule has 1 aliphatic rings. The zero-order valence-electron chi connectivity index (χ0n) is 12.8. The van der Waals surface area contributed by atoms with Crippen molar-refractivity contribution in [1.82, 2.24) is 15.0 Å². The summed E-state index contributed by atoms with van der Waals surface area (Å²) < 4.78 is 0. The van der Waals surface area contributed by atoms with Crippen LogP contribution in [0.5, 0.6) is 0 Å². The average Bonchev–Trinajstić information content (AvgIpc) is 2.93. The summed E-state index contributed by atoms with van der Waals surface area (Å²) in [6.07, 6.45) is 5.02. The molecule has 6 heteroatoms. The molecule has 1 aliphatic carbocycles. The van der Waals surface area contributed by atoms with Crippen LogP contribution in [0.2, 0.25) is 0 Å². The van der Waals surface area contributed by atoms with Crippen LogP contribution in [0.1, 0.15) is 46.5 Å². The molecular formula is C14H26N6. The van der Waals surface area contributed by atoms with E-state index in [1.54, 1.807) is 0 Å². The van der Waals surface area contributed by atoms with Gasteiger partial charge < -0.3 is 15.5 Å². The fourth-order valence-electron chi connectivity index (χ4n) is 2.57. The predicted octanol–water partition coefficient (Wildman–Crippen LogP) is 2.50. The summed E-state index contributed by atoms with van der Waals surface area (Å²) in [6, 6.07) is 0.511. The van der Waals surface area contributed by atoms with Crippen LogP contribution < -0.4 is 15.5 Å². The molecule has 6 nitrogen and oxygen atoms in total. The maximum Gasteiger partial charge on any atom is 0.231 e. The Kier molecular flexibility index (Phi) is 5.38. The highest BCUT2D eigenvalue weighted by atomic mass is 15.3. The predicted molar refractivity (Wildman–Crippen MR) is 83.4 cm³/mol. The minimum Gasteiger partial charge on any atom is -0.354 e. The summed E-state index contributed by atoms with van der Waals surface area (Å²) in [5.74, 6) is 2.11. The van der Waals surface area contributed by atoms with Gasteiger partial charge in [0.05, 0.1) is 0 Å². The van der Waals surface area contributed by atoms with Crippen molar-refractivity contribution in [2.24, 2.45) is 0 Å². The summed E-state index contributed by atoms with van der Waals surface area (Å²) in [4.78, 5) is 15.7.